The summed E-state index contributed by atoms with van der Waals surface area (Å²) in [4.78, 5) is 0. The zero-order valence-electron chi connectivity index (χ0n) is 13.0. The van der Waals surface area contributed by atoms with Crippen molar-refractivity contribution in [2.45, 2.75) is 25.2 Å². The molecule has 3 rings (SSSR count). The molecular weight excluding hydrogens is 264 g/mol. The van der Waals surface area contributed by atoms with Crippen LogP contribution < -0.4 is 0 Å². The van der Waals surface area contributed by atoms with Gasteiger partial charge in [-0.15, -0.1) is 0 Å². The Morgan fingerprint density at radius 2 is 0.909 bits per heavy atom. The molecule has 0 aliphatic rings. The molecule has 110 valence electrons. The van der Waals surface area contributed by atoms with E-state index in [9.17, 15) is 0 Å². The van der Waals surface area contributed by atoms with Crippen molar-refractivity contribution in [2.75, 3.05) is 0 Å². The minimum atomic E-state index is 0.398. The molecule has 0 radical (unpaired) electrons. The topological polar surface area (TPSA) is 0 Å². The Morgan fingerprint density at radius 1 is 0.545 bits per heavy atom. The van der Waals surface area contributed by atoms with Crippen molar-refractivity contribution < 1.29 is 0 Å². The highest BCUT2D eigenvalue weighted by atomic mass is 14.3. The summed E-state index contributed by atoms with van der Waals surface area (Å²) < 4.78 is 0. The zero-order chi connectivity index (χ0) is 15.2. The van der Waals surface area contributed by atoms with Gasteiger partial charge in [-0.3, -0.25) is 0 Å². The number of hydrogen-bond donors (Lipinski definition) is 0. The first-order valence-corrected chi connectivity index (χ1v) is 8.05. The molecule has 0 bridgehead atoms. The lowest BCUT2D eigenvalue weighted by Crippen LogP contribution is -2.12. The van der Waals surface area contributed by atoms with E-state index in [0.717, 1.165) is 6.42 Å². The molecular formula is C22H22. The van der Waals surface area contributed by atoms with Crippen molar-refractivity contribution >= 4 is 0 Å². The summed E-state index contributed by atoms with van der Waals surface area (Å²) in [6.07, 6.45) is 1.12. The fourth-order valence-corrected chi connectivity index (χ4v) is 3.34. The zero-order valence-corrected chi connectivity index (χ0v) is 13.0. The summed E-state index contributed by atoms with van der Waals surface area (Å²) in [5.74, 6) is 0.890. The van der Waals surface area contributed by atoms with Crippen molar-refractivity contribution in [1.82, 2.24) is 0 Å². The minimum absolute atomic E-state index is 0.398. The number of hydrogen-bond acceptors (Lipinski definition) is 0. The first-order valence-electron chi connectivity index (χ1n) is 8.05. The third kappa shape index (κ3) is 3.12. The van der Waals surface area contributed by atoms with Gasteiger partial charge in [0.25, 0.3) is 0 Å². The van der Waals surface area contributed by atoms with E-state index in [1.54, 1.807) is 0 Å². The van der Waals surface area contributed by atoms with E-state index in [-0.39, 0.29) is 0 Å². The molecule has 0 aliphatic carbocycles. The van der Waals surface area contributed by atoms with Crippen LogP contribution in [0.1, 0.15) is 41.9 Å². The van der Waals surface area contributed by atoms with E-state index in [1.165, 1.54) is 16.7 Å². The SMILES string of the molecule is CC[C@H](c1ccccc1)C(c1ccccc1)c1ccccc1. The van der Waals surface area contributed by atoms with Gasteiger partial charge in [0.2, 0.25) is 0 Å². The molecule has 0 heteroatoms. The molecule has 0 heterocycles. The normalized spacial score (nSPS) is 12.3. The van der Waals surface area contributed by atoms with Crippen LogP contribution in [0, 0.1) is 0 Å². The third-order valence-electron chi connectivity index (χ3n) is 4.39. The van der Waals surface area contributed by atoms with Crippen LogP contribution in [0.25, 0.3) is 0 Å². The fraction of sp³-hybridized carbons (Fsp3) is 0.182. The van der Waals surface area contributed by atoms with Gasteiger partial charge in [-0.1, -0.05) is 97.9 Å². The molecule has 22 heavy (non-hydrogen) atoms. The fourth-order valence-electron chi connectivity index (χ4n) is 3.34. The Morgan fingerprint density at radius 3 is 1.27 bits per heavy atom. The molecule has 3 aromatic rings. The highest BCUT2D eigenvalue weighted by Gasteiger charge is 2.24. The molecule has 0 aromatic heterocycles. The molecule has 0 fully saturated rings. The molecule has 0 unspecified atom stereocenters. The van der Waals surface area contributed by atoms with Gasteiger partial charge < -0.3 is 0 Å². The highest BCUT2D eigenvalue weighted by molar-refractivity contribution is 5.38. The van der Waals surface area contributed by atoms with Crippen LogP contribution in [0.15, 0.2) is 91.0 Å². The van der Waals surface area contributed by atoms with Crippen LogP contribution in [-0.4, -0.2) is 0 Å². The standard InChI is InChI=1S/C22H22/c1-2-21(18-12-6-3-7-13-18)22(19-14-8-4-9-15-19)20-16-10-5-11-17-20/h3-17,21-22H,2H2,1H3/t21-/m1/s1. The molecule has 0 N–H and O–H groups in total. The van der Waals surface area contributed by atoms with Gasteiger partial charge in [0.15, 0.2) is 0 Å². The van der Waals surface area contributed by atoms with Gasteiger partial charge in [-0.05, 0) is 29.0 Å². The average Bonchev–Trinajstić information content (AvgIpc) is 2.62. The lowest BCUT2D eigenvalue weighted by molar-refractivity contribution is 0.586. The van der Waals surface area contributed by atoms with E-state index < -0.39 is 0 Å². The van der Waals surface area contributed by atoms with E-state index >= 15 is 0 Å². The summed E-state index contributed by atoms with van der Waals surface area (Å²) >= 11 is 0. The molecule has 3 aromatic carbocycles. The van der Waals surface area contributed by atoms with Gasteiger partial charge in [-0.2, -0.15) is 0 Å². The first kappa shape index (κ1) is 14.6. The van der Waals surface area contributed by atoms with Crippen molar-refractivity contribution in [3.63, 3.8) is 0 Å². The van der Waals surface area contributed by atoms with Crippen molar-refractivity contribution in [1.29, 1.82) is 0 Å². The van der Waals surface area contributed by atoms with Gasteiger partial charge in [0.05, 0.1) is 0 Å². The minimum Gasteiger partial charge on any atom is -0.0648 e. The third-order valence-corrected chi connectivity index (χ3v) is 4.39. The smallest absolute Gasteiger partial charge is 0.0158 e. The maximum atomic E-state index is 2.29. The van der Waals surface area contributed by atoms with Crippen LogP contribution in [0.2, 0.25) is 0 Å². The Balaban J connectivity index is 2.09. The maximum absolute atomic E-state index is 2.29. The molecule has 0 aliphatic heterocycles. The quantitative estimate of drug-likeness (QED) is 0.538. The van der Waals surface area contributed by atoms with Gasteiger partial charge in [0.1, 0.15) is 0 Å². The number of rotatable bonds is 5. The second-order valence-corrected chi connectivity index (χ2v) is 5.72. The monoisotopic (exact) mass is 286 g/mol. The van der Waals surface area contributed by atoms with E-state index in [4.69, 9.17) is 0 Å². The van der Waals surface area contributed by atoms with Crippen molar-refractivity contribution in [3.05, 3.63) is 108 Å². The van der Waals surface area contributed by atoms with Gasteiger partial charge in [-0.25, -0.2) is 0 Å². The molecule has 0 saturated heterocycles. The molecule has 0 saturated carbocycles. The summed E-state index contributed by atoms with van der Waals surface area (Å²) in [7, 11) is 0. The van der Waals surface area contributed by atoms with E-state index in [0.29, 0.717) is 11.8 Å². The first-order chi connectivity index (χ1) is 10.9. The lowest BCUT2D eigenvalue weighted by Gasteiger charge is -2.28. The van der Waals surface area contributed by atoms with E-state index in [1.807, 2.05) is 0 Å². The summed E-state index contributed by atoms with van der Waals surface area (Å²) in [5, 5.41) is 0. The summed E-state index contributed by atoms with van der Waals surface area (Å²) in [5.41, 5.74) is 4.21. The Labute approximate surface area is 133 Å². The maximum Gasteiger partial charge on any atom is 0.0158 e. The van der Waals surface area contributed by atoms with Crippen LogP contribution in [0.4, 0.5) is 0 Å². The lowest BCUT2D eigenvalue weighted by atomic mass is 9.76. The summed E-state index contributed by atoms with van der Waals surface area (Å²) in [6.45, 7) is 2.29. The second-order valence-electron chi connectivity index (χ2n) is 5.72. The molecule has 0 amide bonds. The Bertz CT molecular complexity index is 632. The van der Waals surface area contributed by atoms with Gasteiger partial charge >= 0.3 is 0 Å². The van der Waals surface area contributed by atoms with Crippen molar-refractivity contribution in [3.8, 4) is 0 Å². The largest absolute Gasteiger partial charge is 0.0648 e. The molecule has 0 spiro atoms. The van der Waals surface area contributed by atoms with Gasteiger partial charge in [0, 0.05) is 5.92 Å². The predicted octanol–water partition coefficient (Wildman–Crippen LogP) is 6.01. The highest BCUT2D eigenvalue weighted by Crippen LogP contribution is 2.40. The van der Waals surface area contributed by atoms with Crippen molar-refractivity contribution in [2.24, 2.45) is 0 Å². The molecule has 0 nitrogen and oxygen atoms in total. The second kappa shape index (κ2) is 7.09. The predicted molar refractivity (Wildman–Crippen MR) is 94.2 cm³/mol. The van der Waals surface area contributed by atoms with E-state index in [2.05, 4.69) is 97.9 Å². The van der Waals surface area contributed by atoms with Crippen LogP contribution in [-0.2, 0) is 0 Å². The van der Waals surface area contributed by atoms with Crippen LogP contribution in [0.3, 0.4) is 0 Å². The van der Waals surface area contributed by atoms with Crippen LogP contribution in [0.5, 0.6) is 0 Å². The molecule has 1 atom stereocenters. The Hall–Kier alpha value is -2.34. The average molecular weight is 286 g/mol. The Kier molecular flexibility index (Phi) is 4.70. The summed E-state index contributed by atoms with van der Waals surface area (Å²) in [6, 6.07) is 32.7. The van der Waals surface area contributed by atoms with Crippen LogP contribution >= 0.6 is 0 Å². The number of benzene rings is 3.